The van der Waals surface area contributed by atoms with Gasteiger partial charge >= 0.3 is 0 Å². The lowest BCUT2D eigenvalue weighted by Crippen LogP contribution is -2.26. The molecule has 6 heteroatoms. The van der Waals surface area contributed by atoms with Crippen molar-refractivity contribution >= 4 is 5.78 Å². The summed E-state index contributed by atoms with van der Waals surface area (Å²) >= 11 is 0. The monoisotopic (exact) mass is 363 g/mol. The number of benzene rings is 2. The summed E-state index contributed by atoms with van der Waals surface area (Å²) in [5.74, 6) is 0.211. The smallest absolute Gasteiger partial charge is 0.270 e. The average molecular weight is 363 g/mol. The summed E-state index contributed by atoms with van der Waals surface area (Å²) in [5, 5.41) is 7.11. The lowest BCUT2D eigenvalue weighted by molar-refractivity contribution is 0.0965. The molecule has 0 aliphatic carbocycles. The molecule has 0 aliphatic rings. The minimum atomic E-state index is -0.374. The lowest BCUT2D eigenvalue weighted by Gasteiger charge is -2.08. The molecule has 0 radical (unpaired) electrons. The maximum Gasteiger partial charge on any atom is 0.270 e. The maximum atomic E-state index is 12.4. The van der Waals surface area contributed by atoms with Crippen LogP contribution in [0.4, 0.5) is 0 Å². The molecular weight excluding hydrogens is 342 g/mol. The molecule has 3 aromatic rings. The number of Topliss-reactive ketones (excluding diaryl/α,β-unsaturated/α-hetero) is 1. The van der Waals surface area contributed by atoms with E-state index >= 15 is 0 Å². The number of ketones is 1. The van der Waals surface area contributed by atoms with Crippen molar-refractivity contribution in [2.45, 2.75) is 19.7 Å². The summed E-state index contributed by atoms with van der Waals surface area (Å²) in [6, 6.07) is 18.3. The van der Waals surface area contributed by atoms with Crippen molar-refractivity contribution in [1.29, 1.82) is 0 Å². The van der Waals surface area contributed by atoms with E-state index in [1.54, 1.807) is 12.1 Å². The molecule has 0 amide bonds. The third-order valence-electron chi connectivity index (χ3n) is 4.04. The summed E-state index contributed by atoms with van der Waals surface area (Å²) < 4.78 is 6.73. The molecule has 138 valence electrons. The van der Waals surface area contributed by atoms with Crippen LogP contribution in [-0.2, 0) is 19.7 Å². The Kier molecular flexibility index (Phi) is 6.12. The predicted molar refractivity (Wildman–Crippen MR) is 103 cm³/mol. The fourth-order valence-corrected chi connectivity index (χ4v) is 2.60. The van der Waals surface area contributed by atoms with Gasteiger partial charge in [-0.05, 0) is 18.2 Å². The first-order chi connectivity index (χ1) is 13.2. The van der Waals surface area contributed by atoms with Crippen LogP contribution in [0.3, 0.4) is 0 Å². The second-order valence-electron chi connectivity index (χ2n) is 6.11. The zero-order valence-corrected chi connectivity index (χ0v) is 15.1. The first kappa shape index (κ1) is 18.5. The van der Waals surface area contributed by atoms with Crippen LogP contribution in [-0.4, -0.2) is 22.6 Å². The summed E-state index contributed by atoms with van der Waals surface area (Å²) in [6.45, 7) is 0.979. The second-order valence-corrected chi connectivity index (χ2v) is 6.11. The van der Waals surface area contributed by atoms with Crippen LogP contribution in [0.15, 0.2) is 71.7 Å². The molecule has 0 aliphatic heterocycles. The number of rotatable bonds is 8. The number of carbonyl (C=O) groups excluding carboxylic acids is 1. The third kappa shape index (κ3) is 5.12. The molecule has 0 unspecified atom stereocenters. The van der Waals surface area contributed by atoms with Crippen molar-refractivity contribution in [2.75, 3.05) is 7.05 Å². The second kappa shape index (κ2) is 8.91. The number of nitrogens with one attached hydrogen (secondary N) is 1. The minimum absolute atomic E-state index is 0.108. The Morgan fingerprint density at radius 1 is 1.07 bits per heavy atom. The van der Waals surface area contributed by atoms with E-state index in [1.165, 1.54) is 12.3 Å². The van der Waals surface area contributed by atoms with Crippen molar-refractivity contribution in [3.05, 3.63) is 93.9 Å². The minimum Gasteiger partial charge on any atom is -0.487 e. The van der Waals surface area contributed by atoms with Gasteiger partial charge in [0.2, 0.25) is 0 Å². The molecule has 0 saturated heterocycles. The van der Waals surface area contributed by atoms with E-state index in [0.717, 1.165) is 22.4 Å². The zero-order valence-electron chi connectivity index (χ0n) is 15.1. The van der Waals surface area contributed by atoms with Gasteiger partial charge < -0.3 is 10.1 Å². The molecule has 1 N–H and O–H groups in total. The highest BCUT2D eigenvalue weighted by atomic mass is 16.5. The summed E-state index contributed by atoms with van der Waals surface area (Å²) in [7, 11) is 1.87. The molecule has 0 saturated carbocycles. The van der Waals surface area contributed by atoms with Crippen LogP contribution in [0.25, 0.3) is 0 Å². The van der Waals surface area contributed by atoms with Gasteiger partial charge in [0.1, 0.15) is 18.9 Å². The molecule has 0 atom stereocenters. The first-order valence-corrected chi connectivity index (χ1v) is 8.66. The Bertz CT molecular complexity index is 950. The van der Waals surface area contributed by atoms with Crippen molar-refractivity contribution < 1.29 is 9.53 Å². The van der Waals surface area contributed by atoms with E-state index in [0.29, 0.717) is 17.9 Å². The zero-order chi connectivity index (χ0) is 19.1. The number of aromatic nitrogens is 2. The summed E-state index contributed by atoms with van der Waals surface area (Å²) in [5.41, 5.74) is 2.26. The van der Waals surface area contributed by atoms with Crippen molar-refractivity contribution in [3.8, 4) is 5.75 Å². The quantitative estimate of drug-likeness (QED) is 0.622. The van der Waals surface area contributed by atoms with E-state index in [2.05, 4.69) is 10.4 Å². The standard InChI is InChI=1S/C21H21N3O3/c1-22-12-16-7-9-18(10-8-16)20(25)14-24-21(26)11-19(13-23-24)27-15-17-5-3-2-4-6-17/h2-11,13,22H,12,14-15H2,1H3. The topological polar surface area (TPSA) is 73.2 Å². The maximum absolute atomic E-state index is 12.4. The van der Waals surface area contributed by atoms with E-state index in [9.17, 15) is 9.59 Å². The molecule has 1 heterocycles. The van der Waals surface area contributed by atoms with Gasteiger partial charge in [0, 0.05) is 18.2 Å². The van der Waals surface area contributed by atoms with E-state index in [1.807, 2.05) is 49.5 Å². The van der Waals surface area contributed by atoms with Crippen LogP contribution < -0.4 is 15.6 Å². The van der Waals surface area contributed by atoms with Gasteiger partial charge in [0.05, 0.1) is 6.20 Å². The van der Waals surface area contributed by atoms with Crippen LogP contribution in [0, 0.1) is 0 Å². The van der Waals surface area contributed by atoms with Gasteiger partial charge in [-0.3, -0.25) is 9.59 Å². The third-order valence-corrected chi connectivity index (χ3v) is 4.04. The number of carbonyl (C=O) groups is 1. The molecule has 2 aromatic carbocycles. The van der Waals surface area contributed by atoms with Crippen LogP contribution in [0.5, 0.6) is 5.75 Å². The Morgan fingerprint density at radius 3 is 2.48 bits per heavy atom. The first-order valence-electron chi connectivity index (χ1n) is 8.66. The van der Waals surface area contributed by atoms with E-state index < -0.39 is 0 Å². The highest BCUT2D eigenvalue weighted by Crippen LogP contribution is 2.09. The van der Waals surface area contributed by atoms with Crippen LogP contribution in [0.2, 0.25) is 0 Å². The van der Waals surface area contributed by atoms with Crippen LogP contribution in [0.1, 0.15) is 21.5 Å². The molecule has 0 bridgehead atoms. The fourth-order valence-electron chi connectivity index (χ4n) is 2.60. The lowest BCUT2D eigenvalue weighted by atomic mass is 10.1. The van der Waals surface area contributed by atoms with Crippen LogP contribution >= 0.6 is 0 Å². The van der Waals surface area contributed by atoms with E-state index in [-0.39, 0.29) is 17.9 Å². The van der Waals surface area contributed by atoms with Crippen molar-refractivity contribution in [3.63, 3.8) is 0 Å². The largest absolute Gasteiger partial charge is 0.487 e. The molecule has 0 spiro atoms. The predicted octanol–water partition coefficient (Wildman–Crippen LogP) is 2.42. The Labute approximate surface area is 157 Å². The highest BCUT2D eigenvalue weighted by Gasteiger charge is 2.10. The molecule has 0 fully saturated rings. The van der Waals surface area contributed by atoms with Crippen molar-refractivity contribution in [2.24, 2.45) is 0 Å². The fraction of sp³-hybridized carbons (Fsp3) is 0.190. The summed E-state index contributed by atoms with van der Waals surface area (Å²) in [4.78, 5) is 24.6. The SMILES string of the molecule is CNCc1ccc(C(=O)Cn2ncc(OCc3ccccc3)cc2=O)cc1. The molecule has 3 rings (SSSR count). The average Bonchev–Trinajstić information content (AvgIpc) is 2.70. The molecule has 27 heavy (non-hydrogen) atoms. The number of hydrogen-bond acceptors (Lipinski definition) is 5. The Hall–Kier alpha value is -3.25. The number of hydrogen-bond donors (Lipinski definition) is 1. The molecule has 1 aromatic heterocycles. The molecular formula is C21H21N3O3. The van der Waals surface area contributed by atoms with E-state index in [4.69, 9.17) is 4.74 Å². The van der Waals surface area contributed by atoms with Gasteiger partial charge in [-0.1, -0.05) is 54.6 Å². The Morgan fingerprint density at radius 2 is 1.81 bits per heavy atom. The Balaban J connectivity index is 1.63. The van der Waals surface area contributed by atoms with Gasteiger partial charge in [-0.25, -0.2) is 4.68 Å². The van der Waals surface area contributed by atoms with Crippen molar-refractivity contribution in [1.82, 2.24) is 15.1 Å². The van der Waals surface area contributed by atoms with Gasteiger partial charge in [0.25, 0.3) is 5.56 Å². The molecule has 6 nitrogen and oxygen atoms in total. The van der Waals surface area contributed by atoms with Gasteiger partial charge in [-0.15, -0.1) is 0 Å². The summed E-state index contributed by atoms with van der Waals surface area (Å²) in [6.07, 6.45) is 1.45. The number of nitrogens with zero attached hydrogens (tertiary/aromatic N) is 2. The number of ether oxygens (including phenoxy) is 1. The normalized spacial score (nSPS) is 10.6. The van der Waals surface area contributed by atoms with Gasteiger partial charge in [-0.2, -0.15) is 5.10 Å². The highest BCUT2D eigenvalue weighted by molar-refractivity contribution is 5.95. The van der Waals surface area contributed by atoms with Gasteiger partial charge in [0.15, 0.2) is 5.78 Å².